The van der Waals surface area contributed by atoms with E-state index in [0.717, 1.165) is 47.8 Å². The van der Waals surface area contributed by atoms with Gasteiger partial charge in [0.05, 0.1) is 20.3 Å². The molecule has 0 radical (unpaired) electrons. The van der Waals surface area contributed by atoms with Gasteiger partial charge < -0.3 is 19.1 Å². The van der Waals surface area contributed by atoms with Gasteiger partial charge in [0, 0.05) is 12.1 Å². The summed E-state index contributed by atoms with van der Waals surface area (Å²) in [6.07, 6.45) is 1.86. The topological polar surface area (TPSA) is 48.0 Å². The zero-order valence-corrected chi connectivity index (χ0v) is 15.5. The normalized spacial score (nSPS) is 16.4. The highest BCUT2D eigenvalue weighted by molar-refractivity contribution is 5.79. The summed E-state index contributed by atoms with van der Waals surface area (Å²) in [5.41, 5.74) is 2.00. The first-order valence-electron chi connectivity index (χ1n) is 8.84. The molecule has 1 aliphatic heterocycles. The highest BCUT2D eigenvalue weighted by Gasteiger charge is 2.32. The second-order valence-corrected chi connectivity index (χ2v) is 6.41. The lowest BCUT2D eigenvalue weighted by atomic mass is 10.0. The summed E-state index contributed by atoms with van der Waals surface area (Å²) in [6, 6.07) is 13.4. The van der Waals surface area contributed by atoms with Crippen LogP contribution in [0.1, 0.15) is 30.0 Å². The molecule has 1 atom stereocenters. The monoisotopic (exact) mass is 355 g/mol. The molecule has 0 saturated carbocycles. The number of amides is 1. The molecule has 0 aromatic heterocycles. The lowest BCUT2D eigenvalue weighted by Gasteiger charge is -2.26. The molecule has 3 rings (SSSR count). The predicted molar refractivity (Wildman–Crippen MR) is 99.9 cm³/mol. The molecule has 138 valence electrons. The fourth-order valence-corrected chi connectivity index (χ4v) is 3.43. The SMILES string of the molecule is COc1ccc(OC)c([C@H]2CCCN2C(=O)COc2ccccc2C)c1. The number of benzene rings is 2. The van der Waals surface area contributed by atoms with Gasteiger partial charge in [0.1, 0.15) is 17.2 Å². The summed E-state index contributed by atoms with van der Waals surface area (Å²) in [5.74, 6) is 2.27. The second kappa shape index (κ2) is 8.13. The van der Waals surface area contributed by atoms with Crippen molar-refractivity contribution in [2.75, 3.05) is 27.4 Å². The number of para-hydroxylation sites is 1. The number of rotatable bonds is 6. The minimum Gasteiger partial charge on any atom is -0.497 e. The second-order valence-electron chi connectivity index (χ2n) is 6.41. The van der Waals surface area contributed by atoms with E-state index in [4.69, 9.17) is 14.2 Å². The molecule has 1 saturated heterocycles. The summed E-state index contributed by atoms with van der Waals surface area (Å²) in [6.45, 7) is 2.73. The highest BCUT2D eigenvalue weighted by atomic mass is 16.5. The molecule has 1 amide bonds. The van der Waals surface area contributed by atoms with Crippen molar-refractivity contribution in [3.05, 3.63) is 53.6 Å². The Balaban J connectivity index is 1.75. The molecule has 2 aromatic carbocycles. The van der Waals surface area contributed by atoms with Crippen molar-refractivity contribution in [1.29, 1.82) is 0 Å². The van der Waals surface area contributed by atoms with E-state index in [1.165, 1.54) is 0 Å². The zero-order valence-electron chi connectivity index (χ0n) is 15.5. The quantitative estimate of drug-likeness (QED) is 0.792. The van der Waals surface area contributed by atoms with Crippen molar-refractivity contribution in [3.8, 4) is 17.2 Å². The molecule has 5 heteroatoms. The summed E-state index contributed by atoms with van der Waals surface area (Å²) < 4.78 is 16.6. The minimum absolute atomic E-state index is 0.0133. The highest BCUT2D eigenvalue weighted by Crippen LogP contribution is 2.39. The van der Waals surface area contributed by atoms with Crippen LogP contribution in [0.3, 0.4) is 0 Å². The van der Waals surface area contributed by atoms with Crippen LogP contribution in [0, 0.1) is 6.92 Å². The molecule has 1 fully saturated rings. The maximum Gasteiger partial charge on any atom is 0.261 e. The molecule has 0 aliphatic carbocycles. The van der Waals surface area contributed by atoms with Crippen LogP contribution >= 0.6 is 0 Å². The smallest absolute Gasteiger partial charge is 0.261 e. The number of hydrogen-bond acceptors (Lipinski definition) is 4. The molecule has 0 unspecified atom stereocenters. The van der Waals surface area contributed by atoms with Crippen molar-refractivity contribution in [1.82, 2.24) is 4.90 Å². The van der Waals surface area contributed by atoms with E-state index in [2.05, 4.69) is 0 Å². The third kappa shape index (κ3) is 3.77. The number of aryl methyl sites for hydroxylation is 1. The molecular weight excluding hydrogens is 330 g/mol. The third-order valence-corrected chi connectivity index (χ3v) is 4.81. The minimum atomic E-state index is -0.0204. The average molecular weight is 355 g/mol. The number of carbonyl (C=O) groups is 1. The van der Waals surface area contributed by atoms with Crippen molar-refractivity contribution >= 4 is 5.91 Å². The van der Waals surface area contributed by atoms with E-state index >= 15 is 0 Å². The van der Waals surface area contributed by atoms with Gasteiger partial charge >= 0.3 is 0 Å². The first-order chi connectivity index (χ1) is 12.6. The Morgan fingerprint density at radius 2 is 1.92 bits per heavy atom. The Morgan fingerprint density at radius 1 is 1.12 bits per heavy atom. The Kier molecular flexibility index (Phi) is 5.66. The molecule has 2 aromatic rings. The van der Waals surface area contributed by atoms with Gasteiger partial charge in [-0.1, -0.05) is 18.2 Å². The summed E-state index contributed by atoms with van der Waals surface area (Å²) in [4.78, 5) is 14.7. The molecule has 26 heavy (non-hydrogen) atoms. The molecular formula is C21H25NO4. The van der Waals surface area contributed by atoms with Crippen molar-refractivity contribution < 1.29 is 19.0 Å². The number of hydrogen-bond donors (Lipinski definition) is 0. The third-order valence-electron chi connectivity index (χ3n) is 4.81. The van der Waals surface area contributed by atoms with E-state index in [-0.39, 0.29) is 18.6 Å². The molecule has 0 bridgehead atoms. The van der Waals surface area contributed by atoms with E-state index in [1.54, 1.807) is 14.2 Å². The van der Waals surface area contributed by atoms with Crippen LogP contribution in [-0.2, 0) is 4.79 Å². The average Bonchev–Trinajstić information content (AvgIpc) is 3.16. The lowest BCUT2D eigenvalue weighted by Crippen LogP contribution is -2.34. The number of methoxy groups -OCH3 is 2. The number of ether oxygens (including phenoxy) is 3. The van der Waals surface area contributed by atoms with Gasteiger partial charge in [-0.3, -0.25) is 4.79 Å². The van der Waals surface area contributed by atoms with Gasteiger partial charge in [-0.25, -0.2) is 0 Å². The van der Waals surface area contributed by atoms with Gasteiger partial charge in [0.15, 0.2) is 6.61 Å². The van der Waals surface area contributed by atoms with Gasteiger partial charge in [0.25, 0.3) is 5.91 Å². The Hall–Kier alpha value is -2.69. The van der Waals surface area contributed by atoms with Crippen molar-refractivity contribution in [2.45, 2.75) is 25.8 Å². The van der Waals surface area contributed by atoms with Crippen LogP contribution in [0.4, 0.5) is 0 Å². The summed E-state index contributed by atoms with van der Waals surface area (Å²) >= 11 is 0. The van der Waals surface area contributed by atoms with Gasteiger partial charge in [-0.2, -0.15) is 0 Å². The maximum absolute atomic E-state index is 12.8. The van der Waals surface area contributed by atoms with E-state index in [0.29, 0.717) is 0 Å². The van der Waals surface area contributed by atoms with Crippen molar-refractivity contribution in [3.63, 3.8) is 0 Å². The largest absolute Gasteiger partial charge is 0.497 e. The maximum atomic E-state index is 12.8. The van der Waals surface area contributed by atoms with Crippen LogP contribution in [-0.4, -0.2) is 38.2 Å². The Morgan fingerprint density at radius 3 is 2.65 bits per heavy atom. The standard InChI is InChI=1S/C21H25NO4/c1-15-7-4-5-9-19(15)26-14-21(23)22-12-6-8-18(22)17-13-16(24-2)10-11-20(17)25-3/h4-5,7,9-11,13,18H,6,8,12,14H2,1-3H3/t18-/m1/s1. The number of likely N-dealkylation sites (tertiary alicyclic amines) is 1. The van der Waals surface area contributed by atoms with Crippen LogP contribution in [0.2, 0.25) is 0 Å². The van der Waals surface area contributed by atoms with Crippen LogP contribution in [0.15, 0.2) is 42.5 Å². The summed E-state index contributed by atoms with van der Waals surface area (Å²) in [5, 5.41) is 0. The molecule has 1 aliphatic rings. The molecule has 0 N–H and O–H groups in total. The molecule has 5 nitrogen and oxygen atoms in total. The molecule has 0 spiro atoms. The predicted octanol–water partition coefficient (Wildman–Crippen LogP) is 3.75. The zero-order chi connectivity index (χ0) is 18.5. The van der Waals surface area contributed by atoms with Crippen LogP contribution in [0.5, 0.6) is 17.2 Å². The van der Waals surface area contributed by atoms with Crippen LogP contribution in [0.25, 0.3) is 0 Å². The molecule has 1 heterocycles. The number of nitrogens with zero attached hydrogens (tertiary/aromatic N) is 1. The summed E-state index contributed by atoms with van der Waals surface area (Å²) in [7, 11) is 3.28. The van der Waals surface area contributed by atoms with Crippen molar-refractivity contribution in [2.24, 2.45) is 0 Å². The Labute approximate surface area is 154 Å². The van der Waals surface area contributed by atoms with Gasteiger partial charge in [-0.15, -0.1) is 0 Å². The lowest BCUT2D eigenvalue weighted by molar-refractivity contribution is -0.134. The fraction of sp³-hybridized carbons (Fsp3) is 0.381. The van der Waals surface area contributed by atoms with E-state index in [9.17, 15) is 4.79 Å². The van der Waals surface area contributed by atoms with E-state index < -0.39 is 0 Å². The number of carbonyl (C=O) groups excluding carboxylic acids is 1. The van der Waals surface area contributed by atoms with Crippen LogP contribution < -0.4 is 14.2 Å². The van der Waals surface area contributed by atoms with Gasteiger partial charge in [0.2, 0.25) is 0 Å². The first kappa shape index (κ1) is 18.1. The van der Waals surface area contributed by atoms with E-state index in [1.807, 2.05) is 54.3 Å². The first-order valence-corrected chi connectivity index (χ1v) is 8.84. The fourth-order valence-electron chi connectivity index (χ4n) is 3.43. The van der Waals surface area contributed by atoms with Gasteiger partial charge in [-0.05, 0) is 49.6 Å². The Bertz CT molecular complexity index is 774.